The predicted octanol–water partition coefficient (Wildman–Crippen LogP) is 4.73. The molecule has 36 heavy (non-hydrogen) atoms. The number of ether oxygens (including phenoxy) is 1. The normalized spacial score (nSPS) is 14.5. The molecule has 0 radical (unpaired) electrons. The SMILES string of the molecule is COc1ccc(NC(=O)CC(=O)N2N=C(N(CCC#N)c3ccccc3)CC2c2ccccc2)cc1. The molecular weight excluding hydrogens is 454 g/mol. The van der Waals surface area contributed by atoms with E-state index in [9.17, 15) is 14.9 Å². The van der Waals surface area contributed by atoms with E-state index in [1.165, 1.54) is 5.01 Å². The molecule has 0 saturated carbocycles. The Morgan fingerprint density at radius 2 is 1.72 bits per heavy atom. The van der Waals surface area contributed by atoms with Gasteiger partial charge in [-0.15, -0.1) is 0 Å². The largest absolute Gasteiger partial charge is 0.497 e. The Morgan fingerprint density at radius 3 is 2.36 bits per heavy atom. The summed E-state index contributed by atoms with van der Waals surface area (Å²) in [6.45, 7) is 0.445. The van der Waals surface area contributed by atoms with Crippen molar-refractivity contribution in [3.63, 3.8) is 0 Å². The van der Waals surface area contributed by atoms with Crippen molar-refractivity contribution in [1.82, 2.24) is 5.01 Å². The number of nitrogens with zero attached hydrogens (tertiary/aromatic N) is 4. The average molecular weight is 482 g/mol. The highest BCUT2D eigenvalue weighted by Crippen LogP contribution is 2.33. The second-order valence-electron chi connectivity index (χ2n) is 8.23. The molecule has 0 aliphatic carbocycles. The van der Waals surface area contributed by atoms with Gasteiger partial charge in [0.25, 0.3) is 5.91 Å². The lowest BCUT2D eigenvalue weighted by molar-refractivity contribution is -0.136. The molecule has 0 bridgehead atoms. The van der Waals surface area contributed by atoms with Gasteiger partial charge in [-0.25, -0.2) is 5.01 Å². The number of para-hydroxylation sites is 1. The van der Waals surface area contributed by atoms with E-state index in [0.717, 1.165) is 11.3 Å². The fraction of sp³-hybridized carbons (Fsp3) is 0.214. The lowest BCUT2D eigenvalue weighted by Gasteiger charge is -2.23. The molecule has 0 saturated heterocycles. The summed E-state index contributed by atoms with van der Waals surface area (Å²) < 4.78 is 5.14. The third kappa shape index (κ3) is 5.88. The number of methoxy groups -OCH3 is 1. The van der Waals surface area contributed by atoms with Crippen molar-refractivity contribution < 1.29 is 14.3 Å². The highest BCUT2D eigenvalue weighted by molar-refractivity contribution is 6.06. The van der Waals surface area contributed by atoms with E-state index in [1.54, 1.807) is 31.4 Å². The van der Waals surface area contributed by atoms with Crippen LogP contribution in [0.4, 0.5) is 11.4 Å². The van der Waals surface area contributed by atoms with Gasteiger partial charge in [0.15, 0.2) is 0 Å². The maximum absolute atomic E-state index is 13.3. The molecule has 1 atom stereocenters. The van der Waals surface area contributed by atoms with Crippen molar-refractivity contribution in [2.24, 2.45) is 5.10 Å². The molecule has 1 heterocycles. The van der Waals surface area contributed by atoms with Crippen molar-refractivity contribution in [3.05, 3.63) is 90.5 Å². The Labute approximate surface area is 210 Å². The van der Waals surface area contributed by atoms with Crippen molar-refractivity contribution in [3.8, 4) is 11.8 Å². The van der Waals surface area contributed by atoms with E-state index in [-0.39, 0.29) is 12.5 Å². The summed E-state index contributed by atoms with van der Waals surface area (Å²) in [6, 6.07) is 28.0. The number of carbonyl (C=O) groups is 2. The number of hydrogen-bond acceptors (Lipinski definition) is 6. The Hall–Kier alpha value is -4.64. The maximum atomic E-state index is 13.3. The first-order valence-corrected chi connectivity index (χ1v) is 11.7. The van der Waals surface area contributed by atoms with Gasteiger partial charge in [-0.3, -0.25) is 9.59 Å². The number of amidine groups is 1. The van der Waals surface area contributed by atoms with E-state index in [1.807, 2.05) is 65.6 Å². The molecule has 3 aromatic rings. The number of anilines is 2. The van der Waals surface area contributed by atoms with Crippen LogP contribution in [0.5, 0.6) is 5.75 Å². The highest BCUT2D eigenvalue weighted by Gasteiger charge is 2.35. The van der Waals surface area contributed by atoms with E-state index in [4.69, 9.17) is 4.74 Å². The molecule has 8 heteroatoms. The second-order valence-corrected chi connectivity index (χ2v) is 8.23. The van der Waals surface area contributed by atoms with Crippen LogP contribution in [-0.4, -0.2) is 36.3 Å². The first kappa shape index (κ1) is 24.5. The standard InChI is InChI=1S/C28H27N5O3/c1-36-24-15-13-22(14-16-24)30-27(34)20-28(35)33-25(21-9-4-2-5-10-21)19-26(31-33)32(18-8-17-29)23-11-6-3-7-12-23/h2-7,9-16,25H,8,18-20H2,1H3,(H,30,34). The number of nitrogens with one attached hydrogen (secondary N) is 1. The summed E-state index contributed by atoms with van der Waals surface area (Å²) in [6.07, 6.45) is 0.425. The Kier molecular flexibility index (Phi) is 7.94. The Morgan fingerprint density at radius 1 is 1.06 bits per heavy atom. The van der Waals surface area contributed by atoms with Gasteiger partial charge in [0.2, 0.25) is 5.91 Å². The fourth-order valence-electron chi connectivity index (χ4n) is 4.10. The molecule has 2 amide bonds. The number of hydrazone groups is 1. The Bertz CT molecular complexity index is 1250. The van der Waals surface area contributed by atoms with Crippen LogP contribution >= 0.6 is 0 Å². The topological polar surface area (TPSA) is 98.0 Å². The van der Waals surface area contributed by atoms with E-state index < -0.39 is 11.8 Å². The van der Waals surface area contributed by atoms with Gasteiger partial charge in [-0.2, -0.15) is 10.4 Å². The zero-order chi connectivity index (χ0) is 25.3. The van der Waals surface area contributed by atoms with Crippen molar-refractivity contribution in [1.29, 1.82) is 5.26 Å². The van der Waals surface area contributed by atoms with Crippen LogP contribution in [0.1, 0.15) is 30.9 Å². The Balaban J connectivity index is 1.56. The van der Waals surface area contributed by atoms with Crippen molar-refractivity contribution in [2.75, 3.05) is 23.9 Å². The minimum absolute atomic E-state index is 0.308. The zero-order valence-electron chi connectivity index (χ0n) is 20.0. The summed E-state index contributed by atoms with van der Waals surface area (Å²) in [4.78, 5) is 27.9. The first-order valence-electron chi connectivity index (χ1n) is 11.7. The molecule has 3 aromatic carbocycles. The van der Waals surface area contributed by atoms with Gasteiger partial charge in [-0.1, -0.05) is 48.5 Å². The van der Waals surface area contributed by atoms with Crippen LogP contribution < -0.4 is 15.0 Å². The summed E-state index contributed by atoms with van der Waals surface area (Å²) >= 11 is 0. The third-order valence-corrected chi connectivity index (χ3v) is 5.85. The number of amides is 2. The molecular formula is C28H27N5O3. The fourth-order valence-corrected chi connectivity index (χ4v) is 4.10. The van der Waals surface area contributed by atoms with Gasteiger partial charge < -0.3 is 15.0 Å². The first-order chi connectivity index (χ1) is 17.6. The van der Waals surface area contributed by atoms with Gasteiger partial charge >= 0.3 is 0 Å². The number of benzene rings is 3. The molecule has 0 aromatic heterocycles. The zero-order valence-corrected chi connectivity index (χ0v) is 20.0. The van der Waals surface area contributed by atoms with E-state index >= 15 is 0 Å². The quantitative estimate of drug-likeness (QED) is 0.469. The van der Waals surface area contributed by atoms with Gasteiger partial charge in [0, 0.05) is 24.3 Å². The second kappa shape index (κ2) is 11.7. The molecule has 1 aliphatic rings. The summed E-state index contributed by atoms with van der Waals surface area (Å²) in [5.74, 6) is 0.519. The minimum Gasteiger partial charge on any atom is -0.497 e. The monoisotopic (exact) mass is 481 g/mol. The van der Waals surface area contributed by atoms with E-state index in [0.29, 0.717) is 36.7 Å². The average Bonchev–Trinajstić information content (AvgIpc) is 3.36. The lowest BCUT2D eigenvalue weighted by Crippen LogP contribution is -2.30. The van der Waals surface area contributed by atoms with E-state index in [2.05, 4.69) is 16.5 Å². The lowest BCUT2D eigenvalue weighted by atomic mass is 10.0. The van der Waals surface area contributed by atoms with Crippen LogP contribution in [0.15, 0.2) is 90.0 Å². The van der Waals surface area contributed by atoms with Crippen LogP contribution in [0.25, 0.3) is 0 Å². The van der Waals surface area contributed by atoms with Crippen LogP contribution in [0, 0.1) is 11.3 Å². The van der Waals surface area contributed by atoms with Gasteiger partial charge in [-0.05, 0) is 42.0 Å². The van der Waals surface area contributed by atoms with Crippen LogP contribution in [0.3, 0.4) is 0 Å². The minimum atomic E-state index is -0.426. The third-order valence-electron chi connectivity index (χ3n) is 5.85. The van der Waals surface area contributed by atoms with Gasteiger partial charge in [0.1, 0.15) is 18.0 Å². The number of hydrogen-bond donors (Lipinski definition) is 1. The molecule has 182 valence electrons. The van der Waals surface area contributed by atoms with Crippen molar-refractivity contribution in [2.45, 2.75) is 25.3 Å². The molecule has 0 fully saturated rings. The number of rotatable bonds is 8. The molecule has 1 aliphatic heterocycles. The van der Waals surface area contributed by atoms with Crippen molar-refractivity contribution >= 4 is 29.0 Å². The maximum Gasteiger partial charge on any atom is 0.252 e. The molecule has 0 spiro atoms. The number of carbonyl (C=O) groups excluding carboxylic acids is 2. The highest BCUT2D eigenvalue weighted by atomic mass is 16.5. The smallest absolute Gasteiger partial charge is 0.252 e. The summed E-state index contributed by atoms with van der Waals surface area (Å²) in [7, 11) is 1.57. The van der Waals surface area contributed by atoms with Gasteiger partial charge in [0.05, 0.1) is 25.6 Å². The summed E-state index contributed by atoms with van der Waals surface area (Å²) in [5, 5.41) is 18.0. The molecule has 8 nitrogen and oxygen atoms in total. The molecule has 1 unspecified atom stereocenters. The number of nitriles is 1. The molecule has 4 rings (SSSR count). The van der Waals surface area contributed by atoms with Crippen LogP contribution in [0.2, 0.25) is 0 Å². The predicted molar refractivity (Wildman–Crippen MR) is 138 cm³/mol. The molecule has 1 N–H and O–H groups in total. The summed E-state index contributed by atoms with van der Waals surface area (Å²) in [5.41, 5.74) is 2.39. The van der Waals surface area contributed by atoms with Crippen LogP contribution in [-0.2, 0) is 9.59 Å².